The maximum Gasteiger partial charge on any atom is 0.344 e. The normalized spacial score (nSPS) is 11.7. The van der Waals surface area contributed by atoms with E-state index in [0.717, 1.165) is 26.9 Å². The van der Waals surface area contributed by atoms with Crippen LogP contribution in [0.1, 0.15) is 17.2 Å². The molecule has 5 rings (SSSR count). The predicted octanol–water partition coefficient (Wildman–Crippen LogP) is 4.56. The van der Waals surface area contributed by atoms with E-state index < -0.39 is 6.03 Å². The van der Waals surface area contributed by atoms with Crippen LogP contribution < -0.4 is 10.6 Å². The molecule has 4 aromatic carbocycles. The summed E-state index contributed by atoms with van der Waals surface area (Å²) in [5.41, 5.74) is 5.23. The molecule has 2 amide bonds. The number of amides is 2. The van der Waals surface area contributed by atoms with Gasteiger partial charge in [0.25, 0.3) is 0 Å². The van der Waals surface area contributed by atoms with E-state index in [1.165, 1.54) is 0 Å². The Kier molecular flexibility index (Phi) is 6.30. The van der Waals surface area contributed by atoms with Crippen molar-refractivity contribution in [1.82, 2.24) is 25.6 Å². The van der Waals surface area contributed by atoms with Gasteiger partial charge in [-0.05, 0) is 40.5 Å². The zero-order valence-corrected chi connectivity index (χ0v) is 18.8. The number of carbonyl (C=O) groups excluding carboxylic acids is 2. The lowest BCUT2D eigenvalue weighted by atomic mass is 9.95. The highest BCUT2D eigenvalue weighted by Gasteiger charge is 2.19. The third-order valence-corrected chi connectivity index (χ3v) is 5.71. The van der Waals surface area contributed by atoms with Gasteiger partial charge < -0.3 is 10.6 Å². The Bertz CT molecular complexity index is 1460. The summed E-state index contributed by atoms with van der Waals surface area (Å²) < 4.78 is 1.15. The molecule has 1 heterocycles. The van der Waals surface area contributed by atoms with Crippen LogP contribution in [0.2, 0.25) is 0 Å². The summed E-state index contributed by atoms with van der Waals surface area (Å²) in [5, 5.41) is 13.6. The molecule has 5 aromatic rings. The van der Waals surface area contributed by atoms with Gasteiger partial charge in [-0.3, -0.25) is 4.79 Å². The van der Waals surface area contributed by atoms with E-state index in [0.29, 0.717) is 11.0 Å². The number of nitrogens with zero attached hydrogens (tertiary/aromatic N) is 3. The number of para-hydroxylation sites is 1. The summed E-state index contributed by atoms with van der Waals surface area (Å²) in [6, 6.07) is 34.2. The fourth-order valence-electron chi connectivity index (χ4n) is 3.99. The van der Waals surface area contributed by atoms with Crippen molar-refractivity contribution < 1.29 is 9.59 Å². The average Bonchev–Trinajstić information content (AvgIpc) is 3.36. The first-order valence-corrected chi connectivity index (χ1v) is 11.3. The van der Waals surface area contributed by atoms with Gasteiger partial charge in [-0.25, -0.2) is 4.79 Å². The molecule has 0 spiro atoms. The number of nitrogens with one attached hydrogen (secondary N) is 2. The van der Waals surface area contributed by atoms with Crippen molar-refractivity contribution in [1.29, 1.82) is 0 Å². The summed E-state index contributed by atoms with van der Waals surface area (Å²) in [6.45, 7) is -0.200. The van der Waals surface area contributed by atoms with E-state index in [1.54, 1.807) is 18.2 Å². The molecule has 7 nitrogen and oxygen atoms in total. The van der Waals surface area contributed by atoms with Crippen LogP contribution in [-0.4, -0.2) is 33.5 Å². The minimum atomic E-state index is -0.517. The molecular weight excluding hydrogens is 438 g/mol. The summed E-state index contributed by atoms with van der Waals surface area (Å²) in [6.07, 6.45) is 0. The number of hydrogen-bond acceptors (Lipinski definition) is 4. The van der Waals surface area contributed by atoms with Gasteiger partial charge in [0.05, 0.1) is 18.1 Å². The number of rotatable bonds is 6. The van der Waals surface area contributed by atoms with Crippen LogP contribution in [-0.2, 0) is 4.79 Å². The fourth-order valence-corrected chi connectivity index (χ4v) is 3.99. The third-order valence-electron chi connectivity index (χ3n) is 5.71. The Morgan fingerprint density at radius 3 is 2.20 bits per heavy atom. The third kappa shape index (κ3) is 4.94. The van der Waals surface area contributed by atoms with Crippen molar-refractivity contribution in [2.24, 2.45) is 0 Å². The second-order valence-electron chi connectivity index (χ2n) is 8.05. The molecule has 0 aliphatic rings. The van der Waals surface area contributed by atoms with Crippen molar-refractivity contribution in [2.45, 2.75) is 6.04 Å². The van der Waals surface area contributed by atoms with Gasteiger partial charge >= 0.3 is 6.03 Å². The quantitative estimate of drug-likeness (QED) is 0.388. The number of aromatic nitrogens is 3. The van der Waals surface area contributed by atoms with Gasteiger partial charge in [0, 0.05) is 0 Å². The zero-order chi connectivity index (χ0) is 24.0. The lowest BCUT2D eigenvalue weighted by Crippen LogP contribution is -2.40. The second kappa shape index (κ2) is 10.0. The van der Waals surface area contributed by atoms with Crippen LogP contribution in [0.5, 0.6) is 0 Å². The monoisotopic (exact) mass is 461 g/mol. The summed E-state index contributed by atoms with van der Waals surface area (Å²) in [5.74, 6) is -0.318. The lowest BCUT2D eigenvalue weighted by molar-refractivity contribution is -0.120. The minimum Gasteiger partial charge on any atom is -0.344 e. The highest BCUT2D eigenvalue weighted by Crippen LogP contribution is 2.27. The molecule has 0 saturated heterocycles. The molecule has 0 fully saturated rings. The predicted molar refractivity (Wildman–Crippen MR) is 135 cm³/mol. The van der Waals surface area contributed by atoms with Gasteiger partial charge in [0.1, 0.15) is 5.52 Å². The van der Waals surface area contributed by atoms with Crippen LogP contribution in [0.4, 0.5) is 4.79 Å². The molecule has 0 aliphatic heterocycles. The number of benzene rings is 4. The van der Waals surface area contributed by atoms with Crippen LogP contribution in [0.3, 0.4) is 0 Å². The van der Waals surface area contributed by atoms with Crippen LogP contribution >= 0.6 is 0 Å². The van der Waals surface area contributed by atoms with E-state index in [4.69, 9.17) is 0 Å². The number of carbonyl (C=O) groups is 2. The van der Waals surface area contributed by atoms with Gasteiger partial charge in [0.2, 0.25) is 5.91 Å². The smallest absolute Gasteiger partial charge is 0.344 e. The number of fused-ring (bicyclic) bond motifs is 1. The Hall–Kier alpha value is -4.78. The van der Waals surface area contributed by atoms with E-state index >= 15 is 0 Å². The molecule has 1 atom stereocenters. The molecule has 172 valence electrons. The largest absolute Gasteiger partial charge is 0.344 e. The van der Waals surface area contributed by atoms with E-state index in [1.807, 2.05) is 72.8 Å². The number of hydrogen-bond donors (Lipinski definition) is 2. The SMILES string of the molecule is O=C(CNC(=O)n1nnc2ccccc21)NC(c1ccccc1)c1cccc(-c2ccccc2)c1. The van der Waals surface area contributed by atoms with E-state index in [9.17, 15) is 9.59 Å². The summed E-state index contributed by atoms with van der Waals surface area (Å²) in [7, 11) is 0. The molecule has 2 N–H and O–H groups in total. The molecule has 35 heavy (non-hydrogen) atoms. The molecule has 1 unspecified atom stereocenters. The first-order chi connectivity index (χ1) is 17.2. The Morgan fingerprint density at radius 2 is 1.40 bits per heavy atom. The fraction of sp³-hybridized carbons (Fsp3) is 0.0714. The highest BCUT2D eigenvalue weighted by molar-refractivity contribution is 5.90. The Labute approximate surface area is 202 Å². The van der Waals surface area contributed by atoms with Crippen LogP contribution in [0, 0.1) is 0 Å². The molecule has 0 aliphatic carbocycles. The zero-order valence-electron chi connectivity index (χ0n) is 18.8. The molecule has 0 bridgehead atoms. The first kappa shape index (κ1) is 22.0. The topological polar surface area (TPSA) is 88.9 Å². The van der Waals surface area contributed by atoms with Crippen molar-refractivity contribution in [3.63, 3.8) is 0 Å². The second-order valence-corrected chi connectivity index (χ2v) is 8.05. The van der Waals surface area contributed by atoms with Crippen LogP contribution in [0.25, 0.3) is 22.2 Å². The van der Waals surface area contributed by atoms with Gasteiger partial charge in [-0.2, -0.15) is 4.68 Å². The van der Waals surface area contributed by atoms with Gasteiger partial charge in [-0.1, -0.05) is 96.2 Å². The Balaban J connectivity index is 1.34. The maximum atomic E-state index is 12.9. The molecule has 0 radical (unpaired) electrons. The molecular formula is C28H23N5O2. The summed E-state index contributed by atoms with van der Waals surface area (Å²) in [4.78, 5) is 25.5. The van der Waals surface area contributed by atoms with Gasteiger partial charge in [-0.15, -0.1) is 5.10 Å². The maximum absolute atomic E-state index is 12.9. The molecule has 7 heteroatoms. The minimum absolute atomic E-state index is 0.200. The lowest BCUT2D eigenvalue weighted by Gasteiger charge is -2.21. The first-order valence-electron chi connectivity index (χ1n) is 11.3. The summed E-state index contributed by atoms with van der Waals surface area (Å²) >= 11 is 0. The van der Waals surface area contributed by atoms with E-state index in [-0.39, 0.29) is 18.5 Å². The standard InChI is InChI=1S/C28H23N5O2/c34-26(19-29-28(35)33-25-17-8-7-16-24(25)31-32-33)30-27(21-12-5-2-6-13-21)23-15-9-14-22(18-23)20-10-3-1-4-11-20/h1-18,27H,19H2,(H,29,35)(H,30,34). The Morgan fingerprint density at radius 1 is 0.743 bits per heavy atom. The molecule has 0 saturated carbocycles. The van der Waals surface area contributed by atoms with Gasteiger partial charge in [0.15, 0.2) is 0 Å². The highest BCUT2D eigenvalue weighted by atomic mass is 16.2. The van der Waals surface area contributed by atoms with Crippen LogP contribution in [0.15, 0.2) is 109 Å². The van der Waals surface area contributed by atoms with Crippen molar-refractivity contribution >= 4 is 23.0 Å². The van der Waals surface area contributed by atoms with E-state index in [2.05, 4.69) is 39.1 Å². The van der Waals surface area contributed by atoms with Crippen molar-refractivity contribution in [3.8, 4) is 11.1 Å². The average molecular weight is 462 g/mol. The van der Waals surface area contributed by atoms with Crippen molar-refractivity contribution in [3.05, 3.63) is 120 Å². The molecule has 1 aromatic heterocycles. The van der Waals surface area contributed by atoms with Crippen molar-refractivity contribution in [2.75, 3.05) is 6.54 Å².